The number of aryl methyl sites for hydroxylation is 1. The first-order valence-corrected chi connectivity index (χ1v) is 6.73. The van der Waals surface area contributed by atoms with E-state index in [1.165, 1.54) is 0 Å². The highest BCUT2D eigenvalue weighted by Crippen LogP contribution is 2.15. The molecular weight excluding hydrogens is 288 g/mol. The molecule has 21 heavy (non-hydrogen) atoms. The standard InChI is InChI=1S/C13H14N6OS/c1-18-13(21)11(7-14-18)12-15-17-19(16-12)8-9-3-5-10(20-2)6-4-9/h3-7,14H,8H2,1-2H3. The maximum atomic E-state index is 5.28. The Morgan fingerprint density at radius 2 is 2.05 bits per heavy atom. The molecule has 3 rings (SSSR count). The summed E-state index contributed by atoms with van der Waals surface area (Å²) in [4.78, 5) is 1.54. The van der Waals surface area contributed by atoms with Gasteiger partial charge in [-0.3, -0.25) is 4.68 Å². The van der Waals surface area contributed by atoms with Gasteiger partial charge in [-0.25, -0.2) is 0 Å². The highest BCUT2D eigenvalue weighted by atomic mass is 32.1. The monoisotopic (exact) mass is 302 g/mol. The van der Waals surface area contributed by atoms with Crippen LogP contribution in [0.4, 0.5) is 0 Å². The van der Waals surface area contributed by atoms with Crippen LogP contribution < -0.4 is 4.74 Å². The number of hydrogen-bond donors (Lipinski definition) is 1. The molecule has 0 aliphatic rings. The van der Waals surface area contributed by atoms with E-state index in [1.54, 1.807) is 22.8 Å². The van der Waals surface area contributed by atoms with E-state index in [0.717, 1.165) is 16.9 Å². The van der Waals surface area contributed by atoms with Crippen LogP contribution in [0.3, 0.4) is 0 Å². The number of aromatic nitrogens is 6. The molecule has 0 aliphatic carbocycles. The molecule has 0 unspecified atom stereocenters. The van der Waals surface area contributed by atoms with Crippen molar-refractivity contribution < 1.29 is 4.74 Å². The summed E-state index contributed by atoms with van der Waals surface area (Å²) in [6, 6.07) is 7.74. The summed E-state index contributed by atoms with van der Waals surface area (Å²) in [6.45, 7) is 0.542. The van der Waals surface area contributed by atoms with E-state index in [-0.39, 0.29) is 0 Å². The van der Waals surface area contributed by atoms with Gasteiger partial charge in [-0.05, 0) is 22.9 Å². The molecule has 0 saturated carbocycles. The van der Waals surface area contributed by atoms with Crippen LogP contribution in [0, 0.1) is 4.64 Å². The van der Waals surface area contributed by atoms with Crippen molar-refractivity contribution in [2.24, 2.45) is 7.05 Å². The molecule has 0 spiro atoms. The lowest BCUT2D eigenvalue weighted by Gasteiger charge is -2.02. The van der Waals surface area contributed by atoms with Crippen LogP contribution in [0.1, 0.15) is 5.56 Å². The Labute approximate surface area is 126 Å². The summed E-state index contributed by atoms with van der Waals surface area (Å²) in [5, 5.41) is 15.4. The Bertz CT molecular complexity index is 801. The van der Waals surface area contributed by atoms with Gasteiger partial charge in [0.15, 0.2) is 0 Å². The third-order valence-electron chi connectivity index (χ3n) is 3.11. The van der Waals surface area contributed by atoms with Gasteiger partial charge in [0.25, 0.3) is 0 Å². The van der Waals surface area contributed by atoms with Gasteiger partial charge in [-0.2, -0.15) is 4.80 Å². The van der Waals surface area contributed by atoms with Crippen LogP contribution in [0.15, 0.2) is 30.5 Å². The average molecular weight is 302 g/mol. The number of ether oxygens (including phenoxy) is 1. The second-order valence-electron chi connectivity index (χ2n) is 4.54. The molecule has 108 valence electrons. The van der Waals surface area contributed by atoms with Crippen molar-refractivity contribution in [2.45, 2.75) is 6.54 Å². The molecule has 2 heterocycles. The highest BCUT2D eigenvalue weighted by Gasteiger charge is 2.10. The number of benzene rings is 1. The molecule has 1 N–H and O–H groups in total. The number of nitrogens with one attached hydrogen (secondary N) is 1. The molecule has 0 amide bonds. The number of H-pyrrole nitrogens is 1. The van der Waals surface area contributed by atoms with Gasteiger partial charge in [0.2, 0.25) is 5.82 Å². The van der Waals surface area contributed by atoms with E-state index in [9.17, 15) is 0 Å². The minimum Gasteiger partial charge on any atom is -0.497 e. The maximum Gasteiger partial charge on any atom is 0.209 e. The summed E-state index contributed by atoms with van der Waals surface area (Å²) in [5.74, 6) is 1.34. The van der Waals surface area contributed by atoms with E-state index >= 15 is 0 Å². The smallest absolute Gasteiger partial charge is 0.209 e. The molecule has 7 nitrogen and oxygen atoms in total. The maximum absolute atomic E-state index is 5.28. The first kappa shape index (κ1) is 13.5. The fourth-order valence-corrected chi connectivity index (χ4v) is 2.14. The van der Waals surface area contributed by atoms with E-state index in [2.05, 4.69) is 20.5 Å². The Hall–Kier alpha value is -2.48. The topological polar surface area (TPSA) is 73.5 Å². The minimum atomic E-state index is 0.519. The van der Waals surface area contributed by atoms with Gasteiger partial charge >= 0.3 is 0 Å². The number of rotatable bonds is 4. The van der Waals surface area contributed by atoms with Crippen LogP contribution in [0.5, 0.6) is 5.75 Å². The van der Waals surface area contributed by atoms with Crippen LogP contribution in [-0.2, 0) is 13.6 Å². The van der Waals surface area contributed by atoms with Crippen molar-refractivity contribution in [3.63, 3.8) is 0 Å². The van der Waals surface area contributed by atoms with Gasteiger partial charge in [0, 0.05) is 13.2 Å². The third-order valence-corrected chi connectivity index (χ3v) is 3.61. The molecule has 0 saturated heterocycles. The molecule has 0 atom stereocenters. The Morgan fingerprint density at radius 1 is 1.29 bits per heavy atom. The predicted molar refractivity (Wildman–Crippen MR) is 79.5 cm³/mol. The molecule has 3 aromatic rings. The largest absolute Gasteiger partial charge is 0.497 e. The SMILES string of the molecule is COc1ccc(Cn2nnc(-c3c[nH]n(C)c3=S)n2)cc1. The zero-order valence-corrected chi connectivity index (χ0v) is 12.5. The van der Waals surface area contributed by atoms with Gasteiger partial charge in [-0.15, -0.1) is 10.2 Å². The predicted octanol–water partition coefficient (Wildman–Crippen LogP) is 1.79. The van der Waals surface area contributed by atoms with Crippen molar-refractivity contribution in [3.05, 3.63) is 40.7 Å². The molecular formula is C13H14N6OS. The molecule has 0 bridgehead atoms. The van der Waals surface area contributed by atoms with Crippen molar-refractivity contribution in [2.75, 3.05) is 7.11 Å². The Morgan fingerprint density at radius 3 is 2.67 bits per heavy atom. The number of tetrazole rings is 1. The van der Waals surface area contributed by atoms with Crippen LogP contribution in [-0.4, -0.2) is 37.1 Å². The van der Waals surface area contributed by atoms with E-state index < -0.39 is 0 Å². The lowest BCUT2D eigenvalue weighted by atomic mass is 10.2. The van der Waals surface area contributed by atoms with Crippen LogP contribution >= 0.6 is 12.2 Å². The second kappa shape index (κ2) is 5.49. The molecule has 1 aromatic carbocycles. The van der Waals surface area contributed by atoms with Crippen molar-refractivity contribution in [3.8, 4) is 17.1 Å². The summed E-state index contributed by atoms with van der Waals surface area (Å²) in [6.07, 6.45) is 1.77. The number of aromatic amines is 1. The van der Waals surface area contributed by atoms with Crippen molar-refractivity contribution >= 4 is 12.2 Å². The quantitative estimate of drug-likeness (QED) is 0.744. The number of hydrogen-bond acceptors (Lipinski definition) is 5. The molecule has 0 radical (unpaired) electrons. The van der Waals surface area contributed by atoms with E-state index in [0.29, 0.717) is 17.0 Å². The molecule has 8 heteroatoms. The minimum absolute atomic E-state index is 0.519. The molecule has 0 fully saturated rings. The molecule has 2 aromatic heterocycles. The lowest BCUT2D eigenvalue weighted by molar-refractivity contribution is 0.414. The van der Waals surface area contributed by atoms with Crippen molar-refractivity contribution in [1.29, 1.82) is 0 Å². The summed E-state index contributed by atoms with van der Waals surface area (Å²) in [7, 11) is 3.48. The van der Waals surface area contributed by atoms with Gasteiger partial charge in [0.05, 0.1) is 19.2 Å². The average Bonchev–Trinajstić information content (AvgIpc) is 3.08. The summed E-state index contributed by atoms with van der Waals surface area (Å²) in [5.41, 5.74) is 1.84. The fourth-order valence-electron chi connectivity index (χ4n) is 1.93. The van der Waals surface area contributed by atoms with Gasteiger partial charge in [-0.1, -0.05) is 24.4 Å². The third kappa shape index (κ3) is 2.70. The van der Waals surface area contributed by atoms with Crippen LogP contribution in [0.25, 0.3) is 11.4 Å². The summed E-state index contributed by atoms with van der Waals surface area (Å²) < 4.78 is 7.51. The lowest BCUT2D eigenvalue weighted by Crippen LogP contribution is -2.03. The number of nitrogens with zero attached hydrogens (tertiary/aromatic N) is 5. The van der Waals surface area contributed by atoms with E-state index in [1.807, 2.05) is 31.3 Å². The zero-order chi connectivity index (χ0) is 14.8. The van der Waals surface area contributed by atoms with Gasteiger partial charge < -0.3 is 9.84 Å². The Kier molecular flexibility index (Phi) is 3.53. The van der Waals surface area contributed by atoms with Crippen molar-refractivity contribution in [1.82, 2.24) is 30.0 Å². The first-order valence-electron chi connectivity index (χ1n) is 6.33. The first-order chi connectivity index (χ1) is 10.2. The van der Waals surface area contributed by atoms with Gasteiger partial charge in [0.1, 0.15) is 10.4 Å². The second-order valence-corrected chi connectivity index (χ2v) is 4.93. The molecule has 0 aliphatic heterocycles. The highest BCUT2D eigenvalue weighted by molar-refractivity contribution is 7.71. The number of methoxy groups -OCH3 is 1. The zero-order valence-electron chi connectivity index (χ0n) is 11.6. The van der Waals surface area contributed by atoms with Crippen LogP contribution in [0.2, 0.25) is 0 Å². The van der Waals surface area contributed by atoms with E-state index in [4.69, 9.17) is 17.0 Å². The Balaban J connectivity index is 1.81. The fraction of sp³-hybridized carbons (Fsp3) is 0.231. The normalized spacial score (nSPS) is 10.8. The summed E-state index contributed by atoms with van der Waals surface area (Å²) >= 11 is 5.28.